The molecule has 1 saturated heterocycles. The van der Waals surface area contributed by atoms with Crippen molar-refractivity contribution in [1.29, 1.82) is 0 Å². The van der Waals surface area contributed by atoms with Crippen LogP contribution in [0.4, 0.5) is 0 Å². The van der Waals surface area contributed by atoms with E-state index in [0.717, 1.165) is 4.90 Å². The Labute approximate surface area is 504 Å². The summed E-state index contributed by atoms with van der Waals surface area (Å²) in [7, 11) is 0. The quantitative estimate of drug-likeness (QED) is 0.0217. The van der Waals surface area contributed by atoms with Crippen molar-refractivity contribution >= 4 is 133 Å². The summed E-state index contributed by atoms with van der Waals surface area (Å²) in [4.78, 5) is 184. The zero-order valence-corrected chi connectivity index (χ0v) is 49.2. The number of primary amides is 2. The van der Waals surface area contributed by atoms with Gasteiger partial charge in [0.15, 0.2) is 0 Å². The molecule has 1 aromatic rings. The van der Waals surface area contributed by atoms with Gasteiger partial charge in [-0.15, -0.1) is 0 Å². The van der Waals surface area contributed by atoms with E-state index >= 15 is 0 Å². The van der Waals surface area contributed by atoms with E-state index < -0.39 is 175 Å². The number of aromatic hydroxyl groups is 1. The summed E-state index contributed by atoms with van der Waals surface area (Å²) in [6.07, 6.45) is -1.05. The highest BCUT2D eigenvalue weighted by molar-refractivity contribution is 7.80. The first-order valence-corrected chi connectivity index (χ1v) is 28.6. The van der Waals surface area contributed by atoms with E-state index in [9.17, 15) is 82.4 Å². The molecule has 0 saturated carbocycles. The number of carbonyl (C=O) groups excluding carboxylic acids is 13. The number of thiol groups is 4. The van der Waals surface area contributed by atoms with Crippen LogP contribution in [0.2, 0.25) is 0 Å². The second-order valence-electron chi connectivity index (χ2n) is 19.0. The predicted octanol–water partition coefficient (Wildman–Crippen LogP) is -8.57. The summed E-state index contributed by atoms with van der Waals surface area (Å²) < 4.78 is 0. The molecule has 2 rings (SSSR count). The second kappa shape index (κ2) is 37.2. The number of nitrogens with two attached hydrogens (primary N) is 4. The number of nitrogens with one attached hydrogen (secondary N) is 10. The Hall–Kier alpha value is -7.12. The SMILES string of the molecule is C[C@H](NC(=O)[C@@H]1CCCN1C(=O)[C@H](CC(N)=O)NC(=O)[C@H](CS)NC(=O)[C@@H](N)CS)C(=O)N[C@@H](CS)C(=O)NCC(=O)N[C@@H](CCCCN)C(=O)N[C@@H](CC(N)=O)C(=O)N[C@@H](Cc1ccc(O)cc1)C(=O)N[C@@H](CO)C(=O)N[C@@H](CS)C(=O)O. The van der Waals surface area contributed by atoms with Crippen molar-refractivity contribution in [2.75, 3.05) is 49.3 Å². The van der Waals surface area contributed by atoms with Crippen LogP contribution in [0, 0.1) is 0 Å². The van der Waals surface area contributed by atoms with Gasteiger partial charge in [-0.2, -0.15) is 50.5 Å². The molecule has 0 radical (unpaired) electrons. The number of carboxylic acid groups (broad SMARTS) is 1. The van der Waals surface area contributed by atoms with Crippen molar-refractivity contribution < 1.29 is 82.4 Å². The third kappa shape index (κ3) is 24.6. The van der Waals surface area contributed by atoms with Crippen LogP contribution < -0.4 is 76.1 Å². The van der Waals surface area contributed by atoms with E-state index in [0.29, 0.717) is 18.4 Å². The first-order chi connectivity index (χ1) is 39.6. The first kappa shape index (κ1) is 73.0. The minimum absolute atomic E-state index is 0.00317. The van der Waals surface area contributed by atoms with Gasteiger partial charge in [-0.1, -0.05) is 12.1 Å². The molecule has 21 N–H and O–H groups in total. The van der Waals surface area contributed by atoms with Crippen LogP contribution in [-0.4, -0.2) is 219 Å². The number of likely N-dealkylation sites (tertiary alicyclic amines) is 1. The van der Waals surface area contributed by atoms with Crippen molar-refractivity contribution in [2.24, 2.45) is 22.9 Å². The molecule has 0 aliphatic carbocycles. The molecule has 468 valence electrons. The number of carbonyl (C=O) groups is 14. The van der Waals surface area contributed by atoms with Crippen molar-refractivity contribution in [3.63, 3.8) is 0 Å². The summed E-state index contributed by atoms with van der Waals surface area (Å²) in [5.41, 5.74) is 22.5. The van der Waals surface area contributed by atoms with Crippen molar-refractivity contribution in [3.05, 3.63) is 29.8 Å². The maximum atomic E-state index is 13.9. The number of aliphatic carboxylic acids is 1. The van der Waals surface area contributed by atoms with E-state index in [1.807, 2.05) is 0 Å². The molecule has 36 heteroatoms. The monoisotopic (exact) mass is 1260 g/mol. The van der Waals surface area contributed by atoms with Crippen LogP contribution in [0.1, 0.15) is 57.4 Å². The normalized spacial score (nSPS) is 16.3. The molecular weight excluding hydrogens is 1190 g/mol. The smallest absolute Gasteiger partial charge is 0.327 e. The third-order valence-corrected chi connectivity index (χ3v) is 13.9. The topological polar surface area (TPSA) is 527 Å². The largest absolute Gasteiger partial charge is 0.508 e. The Morgan fingerprint density at radius 3 is 1.64 bits per heavy atom. The summed E-state index contributed by atoms with van der Waals surface area (Å²) in [6.45, 7) is -0.414. The number of benzene rings is 1. The minimum Gasteiger partial charge on any atom is -0.508 e. The molecule has 84 heavy (non-hydrogen) atoms. The van der Waals surface area contributed by atoms with E-state index in [-0.39, 0.29) is 67.5 Å². The third-order valence-electron chi connectivity index (χ3n) is 12.5. The number of phenols is 1. The summed E-state index contributed by atoms with van der Waals surface area (Å²) in [5, 5.41) is 52.4. The van der Waals surface area contributed by atoms with Gasteiger partial charge in [-0.3, -0.25) is 62.3 Å². The van der Waals surface area contributed by atoms with Gasteiger partial charge in [-0.25, -0.2) is 4.79 Å². The summed E-state index contributed by atoms with van der Waals surface area (Å²) in [5.74, 6) is -15.3. The number of carboxylic acids is 1. The molecule has 13 amide bonds. The average Bonchev–Trinajstić information content (AvgIpc) is 4.19. The number of amides is 13. The lowest BCUT2D eigenvalue weighted by atomic mass is 10.0. The molecule has 0 aromatic heterocycles. The predicted molar refractivity (Wildman–Crippen MR) is 311 cm³/mol. The molecule has 1 heterocycles. The Kier molecular flexibility index (Phi) is 32.4. The van der Waals surface area contributed by atoms with Crippen molar-refractivity contribution in [1.82, 2.24) is 58.1 Å². The Balaban J connectivity index is 2.19. The number of unbranched alkanes of at least 4 members (excludes halogenated alkanes) is 1. The number of aliphatic hydroxyl groups excluding tert-OH is 1. The van der Waals surface area contributed by atoms with Crippen LogP contribution in [0.5, 0.6) is 5.75 Å². The molecule has 0 unspecified atom stereocenters. The standard InChI is InChI=1S/C48H75N15O17S4/c1-22(54-46(77)34-6-4-12-63(34)47(78)29(15-36(52)67)58-45(76)32(20-83)61-39(70)25(50)18-81)38(69)60-31(19-82)40(71)53-16-37(68)55-26(5-2-3-11-49)41(72)57-28(14-35(51)66)43(74)56-27(13-23-7-9-24(65)10-8-23)42(73)59-30(17-64)44(75)62-33(21-84)48(79)80/h7-10,22,25-34,64-65,81-84H,2-6,11-21,49-50H2,1H3,(H2,51,66)(H2,52,67)(H,53,71)(H,54,77)(H,55,68)(H,56,74)(H,57,72)(H,58,76)(H,59,73)(H,60,69)(H,61,70)(H,62,75)(H,79,80)/t22-,25-,26-,27-,28-,29-,30-,31-,32-,33-,34-/m0/s1. The Morgan fingerprint density at radius 2 is 1.08 bits per heavy atom. The zero-order valence-electron chi connectivity index (χ0n) is 45.6. The summed E-state index contributed by atoms with van der Waals surface area (Å²) >= 11 is 16.0. The minimum atomic E-state index is -1.82. The second-order valence-corrected chi connectivity index (χ2v) is 20.5. The van der Waals surface area contributed by atoms with Crippen LogP contribution in [0.15, 0.2) is 24.3 Å². The van der Waals surface area contributed by atoms with Gasteiger partial charge in [0.25, 0.3) is 0 Å². The van der Waals surface area contributed by atoms with Crippen LogP contribution in [0.3, 0.4) is 0 Å². The summed E-state index contributed by atoms with van der Waals surface area (Å²) in [6, 6.07) is -10.8. The number of phenolic OH excluding ortho intramolecular Hbond substituents is 1. The average molecular weight is 1260 g/mol. The van der Waals surface area contributed by atoms with Crippen LogP contribution in [-0.2, 0) is 73.5 Å². The highest BCUT2D eigenvalue weighted by Gasteiger charge is 2.40. The van der Waals surface area contributed by atoms with E-state index in [2.05, 4.69) is 104 Å². The molecule has 1 aliphatic heterocycles. The highest BCUT2D eigenvalue weighted by Crippen LogP contribution is 2.20. The highest BCUT2D eigenvalue weighted by atomic mass is 32.1. The zero-order chi connectivity index (χ0) is 63.4. The van der Waals surface area contributed by atoms with Crippen molar-refractivity contribution in [3.8, 4) is 5.75 Å². The van der Waals surface area contributed by atoms with Gasteiger partial charge in [0.05, 0.1) is 32.0 Å². The fourth-order valence-electron chi connectivity index (χ4n) is 7.85. The molecule has 1 aromatic carbocycles. The number of aliphatic hydroxyl groups is 1. The fraction of sp³-hybridized carbons (Fsp3) is 0.583. The van der Waals surface area contributed by atoms with Gasteiger partial charge in [0.1, 0.15) is 66.2 Å². The van der Waals surface area contributed by atoms with Gasteiger partial charge in [-0.05, 0) is 63.3 Å². The lowest BCUT2D eigenvalue weighted by Crippen LogP contribution is -2.60. The van der Waals surface area contributed by atoms with E-state index in [1.54, 1.807) is 0 Å². The van der Waals surface area contributed by atoms with Crippen molar-refractivity contribution in [2.45, 2.75) is 125 Å². The van der Waals surface area contributed by atoms with E-state index in [4.69, 9.17) is 22.9 Å². The molecular formula is C48H75N15O17S4. The Bertz CT molecular complexity index is 2520. The Morgan fingerprint density at radius 1 is 0.595 bits per heavy atom. The lowest BCUT2D eigenvalue weighted by Gasteiger charge is -2.30. The first-order valence-electron chi connectivity index (χ1n) is 26.0. The van der Waals surface area contributed by atoms with Gasteiger partial charge in [0, 0.05) is 36.0 Å². The number of rotatable bonds is 37. The van der Waals surface area contributed by atoms with E-state index in [1.165, 1.54) is 31.2 Å². The number of hydrogen-bond donors (Lipinski definition) is 21. The fourth-order valence-corrected chi connectivity index (χ4v) is 8.78. The maximum Gasteiger partial charge on any atom is 0.327 e. The van der Waals surface area contributed by atoms with Gasteiger partial charge >= 0.3 is 5.97 Å². The molecule has 11 atom stereocenters. The molecule has 1 fully saturated rings. The van der Waals surface area contributed by atoms with Gasteiger partial charge < -0.3 is 96.3 Å². The molecule has 0 spiro atoms. The lowest BCUT2D eigenvalue weighted by molar-refractivity contribution is -0.143. The molecule has 32 nitrogen and oxygen atoms in total. The number of hydrogen-bond acceptors (Lipinski definition) is 22. The molecule has 0 bridgehead atoms. The van der Waals surface area contributed by atoms with Crippen LogP contribution in [0.25, 0.3) is 0 Å². The maximum absolute atomic E-state index is 13.9. The van der Waals surface area contributed by atoms with Crippen LogP contribution >= 0.6 is 50.5 Å². The van der Waals surface area contributed by atoms with Gasteiger partial charge in [0.2, 0.25) is 76.8 Å². The molecule has 1 aliphatic rings. The number of nitrogens with zero attached hydrogens (tertiary/aromatic N) is 1.